The minimum absolute atomic E-state index is 0.569. The van der Waals surface area contributed by atoms with Crippen molar-refractivity contribution >= 4 is 0 Å². The van der Waals surface area contributed by atoms with Gasteiger partial charge in [-0.25, -0.2) is 0 Å². The first-order valence-corrected chi connectivity index (χ1v) is 8.09. The summed E-state index contributed by atoms with van der Waals surface area (Å²) in [6.07, 6.45) is 7.71. The summed E-state index contributed by atoms with van der Waals surface area (Å²) in [5.74, 6) is 0.829. The highest BCUT2D eigenvalue weighted by atomic mass is 14.9. The third-order valence-corrected chi connectivity index (χ3v) is 4.40. The van der Waals surface area contributed by atoms with Crippen molar-refractivity contribution in [2.45, 2.75) is 65.3 Å². The molecule has 1 nitrogen and oxygen atoms in total. The normalized spacial score (nSPS) is 22.9. The Morgan fingerprint density at radius 3 is 2.84 bits per heavy atom. The molecule has 2 unspecified atom stereocenters. The average Bonchev–Trinajstić information content (AvgIpc) is 2.57. The molecule has 0 saturated carbocycles. The Morgan fingerprint density at radius 2 is 2.11 bits per heavy atom. The highest BCUT2D eigenvalue weighted by Gasteiger charge is 2.21. The predicted molar refractivity (Wildman–Crippen MR) is 83.6 cm³/mol. The molecule has 1 aliphatic carbocycles. The maximum absolute atomic E-state index is 3.69. The molecule has 0 bridgehead atoms. The van der Waals surface area contributed by atoms with Gasteiger partial charge in [-0.1, -0.05) is 45.4 Å². The van der Waals surface area contributed by atoms with Crippen molar-refractivity contribution in [3.05, 3.63) is 34.9 Å². The fourth-order valence-corrected chi connectivity index (χ4v) is 3.22. The quantitative estimate of drug-likeness (QED) is 0.759. The van der Waals surface area contributed by atoms with Crippen LogP contribution in [0.5, 0.6) is 0 Å². The molecule has 19 heavy (non-hydrogen) atoms. The summed E-state index contributed by atoms with van der Waals surface area (Å²) in [6.45, 7) is 7.95. The van der Waals surface area contributed by atoms with Crippen LogP contribution in [0.1, 0.15) is 69.2 Å². The Morgan fingerprint density at radius 1 is 1.26 bits per heavy atom. The molecule has 1 heteroatoms. The SMILES string of the molecule is CCCCc1ccc2c(c1)C(NCC)CC(C)CC2. The molecule has 0 aromatic heterocycles. The number of aryl methyl sites for hydroxylation is 2. The summed E-state index contributed by atoms with van der Waals surface area (Å²) in [5.41, 5.74) is 4.69. The van der Waals surface area contributed by atoms with E-state index in [4.69, 9.17) is 0 Å². The van der Waals surface area contributed by atoms with Crippen LogP contribution in [-0.2, 0) is 12.8 Å². The van der Waals surface area contributed by atoms with Gasteiger partial charge >= 0.3 is 0 Å². The minimum atomic E-state index is 0.569. The van der Waals surface area contributed by atoms with E-state index in [1.165, 1.54) is 44.1 Å². The fourth-order valence-electron chi connectivity index (χ4n) is 3.22. The van der Waals surface area contributed by atoms with Crippen LogP contribution in [0.2, 0.25) is 0 Å². The molecule has 1 aromatic carbocycles. The van der Waals surface area contributed by atoms with Gasteiger partial charge < -0.3 is 5.32 Å². The van der Waals surface area contributed by atoms with Crippen LogP contribution in [0.4, 0.5) is 0 Å². The standard InChI is InChI=1S/C18H29N/c1-4-6-7-15-9-11-16-10-8-14(3)12-18(19-5-2)17(16)13-15/h9,11,13-14,18-19H,4-8,10,12H2,1-3H3. The van der Waals surface area contributed by atoms with E-state index in [-0.39, 0.29) is 0 Å². The molecule has 0 radical (unpaired) electrons. The van der Waals surface area contributed by atoms with Gasteiger partial charge in [0.2, 0.25) is 0 Å². The van der Waals surface area contributed by atoms with Gasteiger partial charge in [-0.2, -0.15) is 0 Å². The third-order valence-electron chi connectivity index (χ3n) is 4.40. The number of unbranched alkanes of at least 4 members (excludes halogenated alkanes) is 1. The Labute approximate surface area is 118 Å². The first kappa shape index (κ1) is 14.6. The maximum atomic E-state index is 3.69. The Hall–Kier alpha value is -0.820. The molecular formula is C18H29N. The molecule has 1 N–H and O–H groups in total. The Kier molecular flexibility index (Phi) is 5.45. The van der Waals surface area contributed by atoms with Crippen LogP contribution in [0.3, 0.4) is 0 Å². The van der Waals surface area contributed by atoms with Gasteiger partial charge in [-0.15, -0.1) is 0 Å². The molecule has 1 aromatic rings. The summed E-state index contributed by atoms with van der Waals surface area (Å²) in [6, 6.07) is 7.80. The van der Waals surface area contributed by atoms with Gasteiger partial charge in [0, 0.05) is 6.04 Å². The zero-order valence-electron chi connectivity index (χ0n) is 12.8. The second kappa shape index (κ2) is 7.09. The number of fused-ring (bicyclic) bond motifs is 1. The van der Waals surface area contributed by atoms with Gasteiger partial charge in [0.15, 0.2) is 0 Å². The lowest BCUT2D eigenvalue weighted by molar-refractivity contribution is 0.414. The molecule has 0 aliphatic heterocycles. The van der Waals surface area contributed by atoms with Crippen molar-refractivity contribution in [3.8, 4) is 0 Å². The van der Waals surface area contributed by atoms with E-state index >= 15 is 0 Å². The first-order valence-electron chi connectivity index (χ1n) is 8.09. The minimum Gasteiger partial charge on any atom is -0.310 e. The largest absolute Gasteiger partial charge is 0.310 e. The lowest BCUT2D eigenvalue weighted by Crippen LogP contribution is -2.22. The number of nitrogens with one attached hydrogen (secondary N) is 1. The van der Waals surface area contributed by atoms with Gasteiger partial charge in [0.05, 0.1) is 0 Å². The van der Waals surface area contributed by atoms with E-state index in [1.807, 2.05) is 0 Å². The topological polar surface area (TPSA) is 12.0 Å². The number of hydrogen-bond donors (Lipinski definition) is 1. The monoisotopic (exact) mass is 259 g/mol. The summed E-state index contributed by atoms with van der Waals surface area (Å²) in [4.78, 5) is 0. The van der Waals surface area contributed by atoms with Crippen LogP contribution >= 0.6 is 0 Å². The lowest BCUT2D eigenvalue weighted by atomic mass is 9.94. The van der Waals surface area contributed by atoms with Crippen LogP contribution in [0, 0.1) is 5.92 Å². The van der Waals surface area contributed by atoms with E-state index in [0.29, 0.717) is 6.04 Å². The van der Waals surface area contributed by atoms with E-state index in [0.717, 1.165) is 12.5 Å². The number of benzene rings is 1. The number of rotatable bonds is 5. The first-order chi connectivity index (χ1) is 9.24. The van der Waals surface area contributed by atoms with Crippen LogP contribution in [-0.4, -0.2) is 6.54 Å². The zero-order valence-corrected chi connectivity index (χ0v) is 12.8. The van der Waals surface area contributed by atoms with Gasteiger partial charge in [-0.05, 0) is 61.3 Å². The molecular weight excluding hydrogens is 230 g/mol. The molecule has 0 amide bonds. The Bertz CT molecular complexity index is 397. The van der Waals surface area contributed by atoms with Gasteiger partial charge in [0.25, 0.3) is 0 Å². The second-order valence-electron chi connectivity index (χ2n) is 6.13. The van der Waals surface area contributed by atoms with Crippen molar-refractivity contribution in [2.75, 3.05) is 6.54 Å². The molecule has 2 rings (SSSR count). The van der Waals surface area contributed by atoms with Crippen molar-refractivity contribution in [2.24, 2.45) is 5.92 Å². The third kappa shape index (κ3) is 3.82. The average molecular weight is 259 g/mol. The van der Waals surface area contributed by atoms with E-state index in [1.54, 1.807) is 11.1 Å². The van der Waals surface area contributed by atoms with Crippen LogP contribution in [0.15, 0.2) is 18.2 Å². The summed E-state index contributed by atoms with van der Waals surface area (Å²) in [7, 11) is 0. The molecule has 0 spiro atoms. The van der Waals surface area contributed by atoms with Crippen LogP contribution < -0.4 is 5.32 Å². The second-order valence-corrected chi connectivity index (χ2v) is 6.13. The van der Waals surface area contributed by atoms with Crippen molar-refractivity contribution in [1.82, 2.24) is 5.32 Å². The highest BCUT2D eigenvalue weighted by molar-refractivity contribution is 5.35. The Balaban J connectivity index is 2.24. The number of hydrogen-bond acceptors (Lipinski definition) is 1. The molecule has 0 heterocycles. The van der Waals surface area contributed by atoms with Gasteiger partial charge in [-0.3, -0.25) is 0 Å². The van der Waals surface area contributed by atoms with Crippen molar-refractivity contribution in [1.29, 1.82) is 0 Å². The summed E-state index contributed by atoms with van der Waals surface area (Å²) < 4.78 is 0. The molecule has 2 atom stereocenters. The summed E-state index contributed by atoms with van der Waals surface area (Å²) >= 11 is 0. The smallest absolute Gasteiger partial charge is 0.0325 e. The van der Waals surface area contributed by atoms with Crippen molar-refractivity contribution < 1.29 is 0 Å². The van der Waals surface area contributed by atoms with Crippen LogP contribution in [0.25, 0.3) is 0 Å². The zero-order chi connectivity index (χ0) is 13.7. The molecule has 1 aliphatic rings. The predicted octanol–water partition coefficient (Wildman–Crippen LogP) is 4.65. The van der Waals surface area contributed by atoms with Gasteiger partial charge in [0.1, 0.15) is 0 Å². The van der Waals surface area contributed by atoms with Crippen molar-refractivity contribution in [3.63, 3.8) is 0 Å². The summed E-state index contributed by atoms with van der Waals surface area (Å²) in [5, 5.41) is 3.69. The molecule has 0 fully saturated rings. The fraction of sp³-hybridized carbons (Fsp3) is 0.667. The highest BCUT2D eigenvalue weighted by Crippen LogP contribution is 2.32. The maximum Gasteiger partial charge on any atom is 0.0325 e. The molecule has 106 valence electrons. The van der Waals surface area contributed by atoms with E-state index in [2.05, 4.69) is 44.3 Å². The lowest BCUT2D eigenvalue weighted by Gasteiger charge is -2.21. The van der Waals surface area contributed by atoms with E-state index < -0.39 is 0 Å². The van der Waals surface area contributed by atoms with E-state index in [9.17, 15) is 0 Å². The molecule has 0 saturated heterocycles.